The van der Waals surface area contributed by atoms with Crippen LogP contribution in [0.25, 0.3) is 22.3 Å². The van der Waals surface area contributed by atoms with Crippen molar-refractivity contribution in [3.8, 4) is 22.3 Å². The summed E-state index contributed by atoms with van der Waals surface area (Å²) in [7, 11) is 0. The third-order valence-corrected chi connectivity index (χ3v) is 5.57. The lowest BCUT2D eigenvalue weighted by atomic mass is 9.95. The standard InChI is InChI=1S/C23H23Cl2N3/c1-16(2)11-14-28-15-27-13-12-21(17-3-7-19(24)8-4-17)22(23(27)26-28)18-5-9-20(25)10-6-18/h3-10,12-13,16H,11,14-15H2,1-2H3/p+1. The van der Waals surface area contributed by atoms with Crippen LogP contribution in [0.5, 0.6) is 0 Å². The Morgan fingerprint density at radius 3 is 2.14 bits per heavy atom. The summed E-state index contributed by atoms with van der Waals surface area (Å²) < 4.78 is 2.27. The number of hydrazine groups is 1. The highest BCUT2D eigenvalue weighted by Crippen LogP contribution is 2.38. The molecule has 3 nitrogen and oxygen atoms in total. The summed E-state index contributed by atoms with van der Waals surface area (Å²) in [5, 5.41) is 3.76. The molecule has 1 aromatic heterocycles. The average Bonchev–Trinajstić information content (AvgIpc) is 3.10. The Labute approximate surface area is 176 Å². The van der Waals surface area contributed by atoms with Crippen LogP contribution in [0.3, 0.4) is 0 Å². The average molecular weight is 413 g/mol. The Bertz CT molecular complexity index is 966. The largest absolute Gasteiger partial charge is 0.302 e. The molecule has 2 aromatic carbocycles. The maximum absolute atomic E-state index is 6.14. The molecule has 0 atom stereocenters. The van der Waals surface area contributed by atoms with Crippen molar-refractivity contribution in [1.29, 1.82) is 0 Å². The number of fused-ring (bicyclic) bond motifs is 1. The fourth-order valence-corrected chi connectivity index (χ4v) is 3.77. The lowest BCUT2D eigenvalue weighted by molar-refractivity contribution is -0.685. The quantitative estimate of drug-likeness (QED) is 0.498. The van der Waals surface area contributed by atoms with Gasteiger partial charge in [-0.1, -0.05) is 61.3 Å². The van der Waals surface area contributed by atoms with Crippen molar-refractivity contribution >= 4 is 29.0 Å². The second kappa shape index (κ2) is 8.12. The highest BCUT2D eigenvalue weighted by atomic mass is 35.5. The number of benzene rings is 2. The highest BCUT2D eigenvalue weighted by Gasteiger charge is 2.31. The van der Waals surface area contributed by atoms with Crippen molar-refractivity contribution in [1.82, 2.24) is 5.01 Å². The van der Waals surface area contributed by atoms with Crippen molar-refractivity contribution in [2.45, 2.75) is 26.9 Å². The molecule has 3 aromatic rings. The number of aromatic nitrogens is 1. The summed E-state index contributed by atoms with van der Waals surface area (Å²) in [6, 6.07) is 18.2. The van der Waals surface area contributed by atoms with Gasteiger partial charge in [0.1, 0.15) is 0 Å². The number of hydrogen-bond acceptors (Lipinski definition) is 2. The lowest BCUT2D eigenvalue weighted by Gasteiger charge is -2.12. The summed E-state index contributed by atoms with van der Waals surface area (Å²) >= 11 is 12.2. The first kappa shape index (κ1) is 19.3. The molecule has 0 saturated heterocycles. The van der Waals surface area contributed by atoms with Crippen LogP contribution in [0.4, 0.5) is 5.82 Å². The Morgan fingerprint density at radius 1 is 0.929 bits per heavy atom. The van der Waals surface area contributed by atoms with Crippen LogP contribution in [0.15, 0.2) is 60.8 Å². The Kier molecular flexibility index (Phi) is 5.58. The molecule has 0 fully saturated rings. The number of hydrogen-bond donors (Lipinski definition) is 1. The number of nitrogens with one attached hydrogen (secondary N) is 1. The topological polar surface area (TPSA) is 19.1 Å². The number of rotatable bonds is 5. The zero-order valence-corrected chi connectivity index (χ0v) is 17.6. The van der Waals surface area contributed by atoms with Crippen molar-refractivity contribution in [3.05, 3.63) is 70.8 Å². The van der Waals surface area contributed by atoms with E-state index >= 15 is 0 Å². The minimum Gasteiger partial charge on any atom is -0.216 e. The molecule has 144 valence electrons. The molecular weight excluding hydrogens is 389 g/mol. The van der Waals surface area contributed by atoms with Gasteiger partial charge in [-0.3, -0.25) is 0 Å². The maximum atomic E-state index is 6.14. The number of anilines is 1. The summed E-state index contributed by atoms with van der Waals surface area (Å²) in [6.07, 6.45) is 3.31. The third-order valence-electron chi connectivity index (χ3n) is 5.07. The molecule has 0 unspecified atom stereocenters. The Balaban J connectivity index is 1.80. The van der Waals surface area contributed by atoms with E-state index in [2.05, 4.69) is 65.4 Å². The van der Waals surface area contributed by atoms with Gasteiger partial charge in [0, 0.05) is 22.2 Å². The van der Waals surface area contributed by atoms with Gasteiger partial charge in [0.15, 0.2) is 6.67 Å². The predicted octanol–water partition coefficient (Wildman–Crippen LogP) is 6.26. The number of halogens is 2. The van der Waals surface area contributed by atoms with E-state index in [-0.39, 0.29) is 0 Å². The number of nitrogens with zero attached hydrogens (tertiary/aromatic N) is 2. The van der Waals surface area contributed by atoms with Gasteiger partial charge >= 0.3 is 5.82 Å². The van der Waals surface area contributed by atoms with E-state index in [9.17, 15) is 0 Å². The first-order chi connectivity index (χ1) is 13.5. The van der Waals surface area contributed by atoms with Gasteiger partial charge in [-0.05, 0) is 53.8 Å². The van der Waals surface area contributed by atoms with Crippen LogP contribution in [-0.4, -0.2) is 11.6 Å². The monoisotopic (exact) mass is 412 g/mol. The van der Waals surface area contributed by atoms with Crippen molar-refractivity contribution in [2.24, 2.45) is 5.92 Å². The van der Waals surface area contributed by atoms with Crippen molar-refractivity contribution in [3.63, 3.8) is 0 Å². The third kappa shape index (κ3) is 4.02. The molecule has 28 heavy (non-hydrogen) atoms. The van der Waals surface area contributed by atoms with Gasteiger partial charge in [0.25, 0.3) is 0 Å². The van der Waals surface area contributed by atoms with Gasteiger partial charge < -0.3 is 0 Å². The first-order valence-corrected chi connectivity index (χ1v) is 10.4. The minimum atomic E-state index is 0.677. The molecule has 4 rings (SSSR count). The van der Waals surface area contributed by atoms with E-state index in [4.69, 9.17) is 23.2 Å². The molecule has 0 amide bonds. The van der Waals surface area contributed by atoms with E-state index in [1.807, 2.05) is 24.3 Å². The molecule has 0 aliphatic carbocycles. The van der Waals surface area contributed by atoms with Crippen LogP contribution in [-0.2, 0) is 6.67 Å². The molecule has 0 spiro atoms. The summed E-state index contributed by atoms with van der Waals surface area (Å²) in [5.41, 5.74) is 8.25. The normalized spacial score (nSPS) is 13.6. The smallest absolute Gasteiger partial charge is 0.216 e. The fourth-order valence-electron chi connectivity index (χ4n) is 3.52. The number of pyridine rings is 1. The molecule has 0 bridgehead atoms. The summed E-state index contributed by atoms with van der Waals surface area (Å²) in [5.74, 6) is 1.79. The Hall–Kier alpha value is -2.07. The van der Waals surface area contributed by atoms with Gasteiger partial charge in [0.2, 0.25) is 0 Å². The summed E-state index contributed by atoms with van der Waals surface area (Å²) in [6.45, 7) is 6.36. The van der Waals surface area contributed by atoms with Gasteiger partial charge in [-0.15, -0.1) is 5.01 Å². The predicted molar refractivity (Wildman–Crippen MR) is 117 cm³/mol. The van der Waals surface area contributed by atoms with Crippen LogP contribution in [0, 0.1) is 5.92 Å². The van der Waals surface area contributed by atoms with Crippen LogP contribution in [0.1, 0.15) is 20.3 Å². The summed E-state index contributed by atoms with van der Waals surface area (Å²) in [4.78, 5) is 0. The van der Waals surface area contributed by atoms with Gasteiger partial charge in [-0.2, -0.15) is 5.43 Å². The molecule has 2 heterocycles. The minimum absolute atomic E-state index is 0.677. The molecule has 1 N–H and O–H groups in total. The maximum Gasteiger partial charge on any atom is 0.302 e. The van der Waals surface area contributed by atoms with Gasteiger partial charge in [-0.25, -0.2) is 4.57 Å². The van der Waals surface area contributed by atoms with Crippen LogP contribution in [0.2, 0.25) is 10.0 Å². The Morgan fingerprint density at radius 2 is 1.54 bits per heavy atom. The second-order valence-corrected chi connectivity index (χ2v) is 8.51. The second-order valence-electron chi connectivity index (χ2n) is 7.64. The first-order valence-electron chi connectivity index (χ1n) is 9.61. The van der Waals surface area contributed by atoms with E-state index in [1.165, 1.54) is 11.1 Å². The van der Waals surface area contributed by atoms with Gasteiger partial charge in [0.05, 0.1) is 11.8 Å². The molecule has 1 aliphatic heterocycles. The SMILES string of the molecule is CC(C)CCN1C[n+]2ccc(-c3ccc(Cl)cc3)c(-c3ccc(Cl)cc3)c2N1. The molecule has 1 aliphatic rings. The van der Waals surface area contributed by atoms with E-state index in [1.54, 1.807) is 0 Å². The zero-order valence-electron chi connectivity index (χ0n) is 16.1. The van der Waals surface area contributed by atoms with Crippen LogP contribution >= 0.6 is 23.2 Å². The van der Waals surface area contributed by atoms with E-state index in [0.717, 1.165) is 46.6 Å². The zero-order chi connectivity index (χ0) is 19.7. The van der Waals surface area contributed by atoms with E-state index < -0.39 is 0 Å². The van der Waals surface area contributed by atoms with Crippen LogP contribution < -0.4 is 9.99 Å². The van der Waals surface area contributed by atoms with Crippen molar-refractivity contribution in [2.75, 3.05) is 12.0 Å². The molecule has 0 saturated carbocycles. The molecular formula is C23H24Cl2N3+. The van der Waals surface area contributed by atoms with E-state index in [0.29, 0.717) is 5.92 Å². The highest BCUT2D eigenvalue weighted by molar-refractivity contribution is 6.31. The lowest BCUT2D eigenvalue weighted by Crippen LogP contribution is -2.36. The fraction of sp³-hybridized carbons (Fsp3) is 0.261. The molecule has 5 heteroatoms. The van der Waals surface area contributed by atoms with Crippen molar-refractivity contribution < 1.29 is 4.57 Å². The molecule has 0 radical (unpaired) electrons.